The van der Waals surface area contributed by atoms with Crippen molar-refractivity contribution in [3.8, 4) is 0 Å². The van der Waals surface area contributed by atoms with Gasteiger partial charge in [-0.25, -0.2) is 0 Å². The van der Waals surface area contributed by atoms with Crippen LogP contribution < -0.4 is 16.0 Å². The Labute approximate surface area is 181 Å². The number of hydrogen-bond acceptors (Lipinski definition) is 5. The van der Waals surface area contributed by atoms with Gasteiger partial charge in [-0.15, -0.1) is 0 Å². The first kappa shape index (κ1) is 22.6. The van der Waals surface area contributed by atoms with Crippen LogP contribution in [0.15, 0.2) is 24.5 Å². The third kappa shape index (κ3) is 5.74. The van der Waals surface area contributed by atoms with Gasteiger partial charge in [-0.05, 0) is 46.1 Å². The van der Waals surface area contributed by atoms with E-state index in [-0.39, 0.29) is 23.8 Å². The lowest BCUT2D eigenvalue weighted by atomic mass is 10.3. The highest BCUT2D eigenvalue weighted by atomic mass is 16.6. The molecule has 1 fully saturated rings. The number of nitrogens with zero attached hydrogens (tertiary/aromatic N) is 3. The Balaban J connectivity index is 1.59. The van der Waals surface area contributed by atoms with Crippen LogP contribution in [0.1, 0.15) is 34.3 Å². The molecule has 168 valence electrons. The molecule has 3 heterocycles. The molecule has 3 N–H and O–H groups in total. The highest BCUT2D eigenvalue weighted by Gasteiger charge is 2.41. The van der Waals surface area contributed by atoms with Crippen LogP contribution in [0.5, 0.6) is 0 Å². The molecule has 0 aliphatic carbocycles. The lowest BCUT2D eigenvalue weighted by molar-refractivity contribution is -0.117. The number of carbonyl (C=O) groups excluding carboxylic acids is 3. The molecule has 2 aromatic heterocycles. The van der Waals surface area contributed by atoms with Gasteiger partial charge in [0.1, 0.15) is 11.4 Å². The van der Waals surface area contributed by atoms with Crippen molar-refractivity contribution in [1.82, 2.24) is 19.4 Å². The van der Waals surface area contributed by atoms with Crippen molar-refractivity contribution >= 4 is 29.1 Å². The van der Waals surface area contributed by atoms with Crippen molar-refractivity contribution in [2.75, 3.05) is 37.8 Å². The van der Waals surface area contributed by atoms with Gasteiger partial charge in [0.2, 0.25) is 0 Å². The van der Waals surface area contributed by atoms with Crippen molar-refractivity contribution < 1.29 is 19.1 Å². The van der Waals surface area contributed by atoms with Crippen molar-refractivity contribution in [1.29, 1.82) is 0 Å². The van der Waals surface area contributed by atoms with E-state index in [0.717, 1.165) is 13.0 Å². The van der Waals surface area contributed by atoms with E-state index in [1.807, 2.05) is 21.0 Å². The maximum absolute atomic E-state index is 12.7. The molecule has 1 aliphatic rings. The molecule has 1 aliphatic heterocycles. The third-order valence-electron chi connectivity index (χ3n) is 5.04. The second-order valence-electron chi connectivity index (χ2n) is 8.07. The summed E-state index contributed by atoms with van der Waals surface area (Å²) in [5.41, 5.74) is 1.86. The molecule has 0 aromatic carbocycles. The minimum atomic E-state index is -0.436. The Morgan fingerprint density at radius 1 is 1.00 bits per heavy atom. The molecule has 10 nitrogen and oxygen atoms in total. The number of hydrogen-bond donors (Lipinski definition) is 3. The summed E-state index contributed by atoms with van der Waals surface area (Å²) in [5, 5.41) is 8.44. The lowest BCUT2D eigenvalue weighted by Crippen LogP contribution is -2.28. The molecule has 0 saturated carbocycles. The van der Waals surface area contributed by atoms with Gasteiger partial charge in [-0.1, -0.05) is 0 Å². The number of aromatic nitrogens is 2. The first-order valence-electron chi connectivity index (χ1n) is 10.2. The summed E-state index contributed by atoms with van der Waals surface area (Å²) in [6, 6.07) is 3.23. The van der Waals surface area contributed by atoms with Crippen molar-refractivity contribution in [3.63, 3.8) is 0 Å². The Kier molecular flexibility index (Phi) is 6.81. The van der Waals surface area contributed by atoms with Crippen molar-refractivity contribution in [2.24, 2.45) is 14.1 Å². The van der Waals surface area contributed by atoms with Crippen molar-refractivity contribution in [2.45, 2.75) is 25.6 Å². The smallest absolute Gasteiger partial charge is 0.272 e. The van der Waals surface area contributed by atoms with E-state index in [4.69, 9.17) is 4.74 Å². The molecule has 0 bridgehead atoms. The molecule has 0 radical (unpaired) electrons. The largest absolute Gasteiger partial charge is 0.359 e. The molecular weight excluding hydrogens is 400 g/mol. The standard InChI is InChI=1S/C21H30N6O4/c1-13-18(31-13)21(30)24-15-10-17(27(5)12-15)20(29)23-14-9-16(26(4)11-14)19(28)22-7-6-8-25(2)3/h9-13,18H,6-8H2,1-5H3,(H,22,28)(H,23,29)(H,24,30). The molecule has 3 amide bonds. The number of ether oxygens (including phenoxy) is 1. The van der Waals surface area contributed by atoms with Crippen LogP contribution >= 0.6 is 0 Å². The Morgan fingerprint density at radius 2 is 1.55 bits per heavy atom. The van der Waals surface area contributed by atoms with E-state index in [2.05, 4.69) is 20.9 Å². The lowest BCUT2D eigenvalue weighted by Gasteiger charge is -2.10. The van der Waals surface area contributed by atoms with E-state index in [1.165, 1.54) is 0 Å². The zero-order valence-corrected chi connectivity index (χ0v) is 18.6. The molecule has 2 aromatic rings. The highest BCUT2D eigenvalue weighted by Crippen LogP contribution is 2.23. The van der Waals surface area contributed by atoms with Gasteiger partial charge in [-0.2, -0.15) is 0 Å². The minimum absolute atomic E-state index is 0.0797. The van der Waals surface area contributed by atoms with Gasteiger partial charge >= 0.3 is 0 Å². The van der Waals surface area contributed by atoms with Crippen LogP contribution in [0.3, 0.4) is 0 Å². The number of nitrogens with one attached hydrogen (secondary N) is 3. The van der Waals surface area contributed by atoms with Crippen LogP contribution in [0.25, 0.3) is 0 Å². The predicted octanol–water partition coefficient (Wildman–Crippen LogP) is 1.02. The molecule has 2 unspecified atom stereocenters. The molecule has 1 saturated heterocycles. The summed E-state index contributed by atoms with van der Waals surface area (Å²) < 4.78 is 8.45. The molecule has 2 atom stereocenters. The molecule has 3 rings (SSSR count). The van der Waals surface area contributed by atoms with Crippen LogP contribution in [-0.2, 0) is 23.6 Å². The van der Waals surface area contributed by atoms with Gasteiger partial charge in [-0.3, -0.25) is 14.4 Å². The fourth-order valence-corrected chi connectivity index (χ4v) is 3.27. The quantitative estimate of drug-likeness (QED) is 0.406. The third-order valence-corrected chi connectivity index (χ3v) is 5.04. The van der Waals surface area contributed by atoms with Gasteiger partial charge in [0.15, 0.2) is 6.10 Å². The van der Waals surface area contributed by atoms with Crippen LogP contribution in [0.2, 0.25) is 0 Å². The summed E-state index contributed by atoms with van der Waals surface area (Å²) in [4.78, 5) is 39.2. The van der Waals surface area contributed by atoms with E-state index >= 15 is 0 Å². The second kappa shape index (κ2) is 9.36. The average molecular weight is 431 g/mol. The zero-order valence-electron chi connectivity index (χ0n) is 18.6. The van der Waals surface area contributed by atoms with Gasteiger partial charge in [0.25, 0.3) is 17.7 Å². The summed E-state index contributed by atoms with van der Waals surface area (Å²) in [6.45, 7) is 3.29. The number of rotatable bonds is 9. The van der Waals surface area contributed by atoms with Crippen molar-refractivity contribution in [3.05, 3.63) is 35.9 Å². The summed E-state index contributed by atoms with van der Waals surface area (Å²) >= 11 is 0. The molecule has 0 spiro atoms. The molecule has 10 heteroatoms. The number of aryl methyl sites for hydroxylation is 2. The van der Waals surface area contributed by atoms with Crippen LogP contribution in [0, 0.1) is 0 Å². The highest BCUT2D eigenvalue weighted by molar-refractivity contribution is 6.05. The minimum Gasteiger partial charge on any atom is -0.359 e. The van der Waals surface area contributed by atoms with E-state index < -0.39 is 6.10 Å². The van der Waals surface area contributed by atoms with E-state index in [9.17, 15) is 14.4 Å². The van der Waals surface area contributed by atoms with Crippen LogP contribution in [0.4, 0.5) is 11.4 Å². The number of carbonyl (C=O) groups is 3. The fourth-order valence-electron chi connectivity index (χ4n) is 3.27. The summed E-state index contributed by atoms with van der Waals surface area (Å²) in [6.07, 6.45) is 3.69. The monoisotopic (exact) mass is 430 g/mol. The average Bonchev–Trinajstić information content (AvgIpc) is 3.14. The SMILES string of the molecule is CC1OC1C(=O)Nc1cc(C(=O)Nc2cc(C(=O)NCCCN(C)C)n(C)c2)n(C)c1. The summed E-state index contributed by atoms with van der Waals surface area (Å²) in [5.74, 6) is -0.765. The first-order chi connectivity index (χ1) is 14.7. The Morgan fingerprint density at radius 3 is 2.10 bits per heavy atom. The van der Waals surface area contributed by atoms with Gasteiger partial charge < -0.3 is 34.7 Å². The van der Waals surface area contributed by atoms with Gasteiger partial charge in [0.05, 0.1) is 17.5 Å². The van der Waals surface area contributed by atoms with E-state index in [1.54, 1.807) is 47.8 Å². The Hall–Kier alpha value is -3.11. The van der Waals surface area contributed by atoms with Crippen LogP contribution in [-0.4, -0.2) is 71.1 Å². The van der Waals surface area contributed by atoms with E-state index in [0.29, 0.717) is 29.3 Å². The number of amides is 3. The summed E-state index contributed by atoms with van der Waals surface area (Å²) in [7, 11) is 7.44. The predicted molar refractivity (Wildman–Crippen MR) is 117 cm³/mol. The molecular formula is C21H30N6O4. The molecule has 31 heavy (non-hydrogen) atoms. The topological polar surface area (TPSA) is 113 Å². The van der Waals surface area contributed by atoms with Gasteiger partial charge in [0, 0.05) is 33.0 Å². The fraction of sp³-hybridized carbons (Fsp3) is 0.476. The second-order valence-corrected chi connectivity index (χ2v) is 8.07. The maximum Gasteiger partial charge on any atom is 0.272 e. The Bertz CT molecular complexity index is 977. The zero-order chi connectivity index (χ0) is 22.7. The normalized spacial score (nSPS) is 17.5. The number of anilines is 2. The maximum atomic E-state index is 12.7. The number of epoxide rings is 1. The first-order valence-corrected chi connectivity index (χ1v) is 10.2.